The van der Waals surface area contributed by atoms with Crippen molar-refractivity contribution >= 4 is 18.0 Å². The van der Waals surface area contributed by atoms with E-state index < -0.39 is 4.75 Å². The molecule has 1 aromatic carbocycles. The van der Waals surface area contributed by atoms with E-state index in [-0.39, 0.29) is 12.3 Å². The molecular formula is C16H15N3O2S. The van der Waals surface area contributed by atoms with Crippen molar-refractivity contribution in [3.63, 3.8) is 0 Å². The molecule has 22 heavy (non-hydrogen) atoms. The topological polar surface area (TPSA) is 69.7 Å². The second-order valence-electron chi connectivity index (χ2n) is 5.25. The highest BCUT2D eigenvalue weighted by atomic mass is 32.2. The molecule has 0 bridgehead atoms. The van der Waals surface area contributed by atoms with Gasteiger partial charge in [-0.25, -0.2) is 0 Å². The maximum absolute atomic E-state index is 6.02. The Balaban J connectivity index is 1.87. The van der Waals surface area contributed by atoms with Gasteiger partial charge in [-0.3, -0.25) is 9.98 Å². The molecule has 5 nitrogen and oxygen atoms in total. The first-order valence-corrected chi connectivity index (χ1v) is 7.87. The summed E-state index contributed by atoms with van der Waals surface area (Å²) in [4.78, 5) is 9.06. The summed E-state index contributed by atoms with van der Waals surface area (Å²) in [6.45, 7) is 2.24. The number of thioether (sulfide) groups is 1. The molecule has 0 fully saturated rings. The number of nitrogens with two attached hydrogens (primary N) is 1. The fraction of sp³-hybridized carbons (Fsp3) is 0.250. The largest absolute Gasteiger partial charge is 0.454 e. The molecule has 1 aromatic heterocycles. The summed E-state index contributed by atoms with van der Waals surface area (Å²) in [6.07, 6.45) is 1.89. The number of hydrogen-bond acceptors (Lipinski definition) is 6. The molecule has 112 valence electrons. The second kappa shape index (κ2) is 5.00. The van der Waals surface area contributed by atoms with Crippen LogP contribution in [-0.4, -0.2) is 23.5 Å². The van der Waals surface area contributed by atoms with Crippen LogP contribution in [0.1, 0.15) is 17.0 Å². The Morgan fingerprint density at radius 1 is 1.23 bits per heavy atom. The van der Waals surface area contributed by atoms with Crippen molar-refractivity contribution < 1.29 is 9.47 Å². The van der Waals surface area contributed by atoms with Gasteiger partial charge in [-0.05, 0) is 36.8 Å². The average molecular weight is 313 g/mol. The van der Waals surface area contributed by atoms with Crippen LogP contribution in [0.4, 0.5) is 0 Å². The molecule has 0 radical (unpaired) electrons. The van der Waals surface area contributed by atoms with Crippen LogP contribution < -0.4 is 15.2 Å². The Bertz CT molecular complexity index is 765. The van der Waals surface area contributed by atoms with Crippen LogP contribution in [0.25, 0.3) is 0 Å². The van der Waals surface area contributed by atoms with Gasteiger partial charge < -0.3 is 15.2 Å². The van der Waals surface area contributed by atoms with E-state index in [1.165, 1.54) is 0 Å². The predicted octanol–water partition coefficient (Wildman–Crippen LogP) is 2.42. The van der Waals surface area contributed by atoms with Crippen LogP contribution in [0.3, 0.4) is 0 Å². The number of pyridine rings is 1. The zero-order valence-corrected chi connectivity index (χ0v) is 12.8. The van der Waals surface area contributed by atoms with Gasteiger partial charge in [-0.2, -0.15) is 0 Å². The van der Waals surface area contributed by atoms with Gasteiger partial charge in [0.25, 0.3) is 0 Å². The quantitative estimate of drug-likeness (QED) is 0.922. The van der Waals surface area contributed by atoms with E-state index in [1.807, 2.05) is 49.5 Å². The Labute approximate surface area is 132 Å². The molecule has 4 rings (SSSR count). The lowest BCUT2D eigenvalue weighted by molar-refractivity contribution is 0.174. The summed E-state index contributed by atoms with van der Waals surface area (Å²) in [5.41, 5.74) is 8.65. The monoisotopic (exact) mass is 313 g/mol. The maximum atomic E-state index is 6.02. The van der Waals surface area contributed by atoms with Gasteiger partial charge in [0.05, 0.1) is 5.69 Å². The number of rotatable bonds is 2. The van der Waals surface area contributed by atoms with E-state index in [0.717, 1.165) is 28.5 Å². The normalized spacial score (nSPS) is 25.6. The molecule has 2 N–H and O–H groups in total. The Kier molecular flexibility index (Phi) is 3.09. The maximum Gasteiger partial charge on any atom is 0.231 e. The number of aryl methyl sites for hydroxylation is 1. The smallest absolute Gasteiger partial charge is 0.231 e. The van der Waals surface area contributed by atoms with Crippen molar-refractivity contribution in [2.24, 2.45) is 10.7 Å². The lowest BCUT2D eigenvalue weighted by Gasteiger charge is -2.26. The van der Waals surface area contributed by atoms with E-state index in [1.54, 1.807) is 11.8 Å². The van der Waals surface area contributed by atoms with Gasteiger partial charge in [0.15, 0.2) is 11.5 Å². The van der Waals surface area contributed by atoms with Crippen molar-refractivity contribution in [2.75, 3.05) is 6.79 Å². The minimum Gasteiger partial charge on any atom is -0.454 e. The van der Waals surface area contributed by atoms with Crippen LogP contribution in [0.2, 0.25) is 0 Å². The van der Waals surface area contributed by atoms with Crippen LogP contribution in [0.5, 0.6) is 11.5 Å². The summed E-state index contributed by atoms with van der Waals surface area (Å²) >= 11 is 1.57. The standard InChI is InChI=1S/C16H15N3O2S/c1-10-3-2-4-14(19-10)16(8-18-15(17)22-16)11-5-6-12-13(7-11)21-9-20-12/h2-8,15H,9,17H2,1H3. The number of aromatic nitrogens is 1. The number of aliphatic imine (C=N–C) groups is 1. The first-order valence-electron chi connectivity index (χ1n) is 6.99. The van der Waals surface area contributed by atoms with Crippen LogP contribution in [0, 0.1) is 6.92 Å². The number of benzene rings is 1. The summed E-state index contributed by atoms with van der Waals surface area (Å²) in [5, 5.41) is 0. The fourth-order valence-corrected chi connectivity index (χ4v) is 3.85. The van der Waals surface area contributed by atoms with Crippen molar-refractivity contribution in [1.82, 2.24) is 4.98 Å². The molecule has 2 aromatic rings. The lowest BCUT2D eigenvalue weighted by Crippen LogP contribution is -2.26. The van der Waals surface area contributed by atoms with Crippen molar-refractivity contribution in [1.29, 1.82) is 0 Å². The molecule has 2 aliphatic heterocycles. The minimum absolute atomic E-state index is 0.259. The van der Waals surface area contributed by atoms with Gasteiger partial charge in [0.2, 0.25) is 6.79 Å². The van der Waals surface area contributed by atoms with E-state index in [0.29, 0.717) is 0 Å². The zero-order chi connectivity index (χ0) is 15.2. The fourth-order valence-electron chi connectivity index (χ4n) is 2.72. The third kappa shape index (κ3) is 2.07. The summed E-state index contributed by atoms with van der Waals surface area (Å²) in [5.74, 6) is 1.51. The third-order valence-electron chi connectivity index (χ3n) is 3.78. The van der Waals surface area contributed by atoms with E-state index in [2.05, 4.69) is 4.99 Å². The number of nitrogens with zero attached hydrogens (tertiary/aromatic N) is 2. The average Bonchev–Trinajstić information content (AvgIpc) is 3.13. The van der Waals surface area contributed by atoms with E-state index in [9.17, 15) is 0 Å². The van der Waals surface area contributed by atoms with Crippen molar-refractivity contribution in [2.45, 2.75) is 17.2 Å². The van der Waals surface area contributed by atoms with E-state index in [4.69, 9.17) is 20.2 Å². The minimum atomic E-state index is -0.494. The number of hydrogen-bond donors (Lipinski definition) is 1. The molecule has 0 amide bonds. The van der Waals surface area contributed by atoms with E-state index >= 15 is 0 Å². The molecular weight excluding hydrogens is 298 g/mol. The molecule has 2 aliphatic rings. The predicted molar refractivity (Wildman–Crippen MR) is 86.4 cm³/mol. The highest BCUT2D eigenvalue weighted by Gasteiger charge is 2.41. The summed E-state index contributed by atoms with van der Waals surface area (Å²) in [6, 6.07) is 11.9. The molecule has 0 spiro atoms. The van der Waals surface area contributed by atoms with Gasteiger partial charge >= 0.3 is 0 Å². The molecule has 2 atom stereocenters. The van der Waals surface area contributed by atoms with Gasteiger partial charge in [0, 0.05) is 11.9 Å². The first-order chi connectivity index (χ1) is 10.7. The SMILES string of the molecule is Cc1cccc(C2(c3ccc4c(c3)OCO4)C=NC(N)S2)n1. The highest BCUT2D eigenvalue weighted by molar-refractivity contribution is 8.02. The molecule has 2 unspecified atom stereocenters. The lowest BCUT2D eigenvalue weighted by atomic mass is 9.94. The van der Waals surface area contributed by atoms with Gasteiger partial charge in [-0.15, -0.1) is 0 Å². The first kappa shape index (κ1) is 13.6. The van der Waals surface area contributed by atoms with Gasteiger partial charge in [0.1, 0.15) is 10.2 Å². The number of fused-ring (bicyclic) bond motifs is 1. The van der Waals surface area contributed by atoms with Crippen molar-refractivity contribution in [3.05, 3.63) is 53.3 Å². The Morgan fingerprint density at radius 2 is 2.09 bits per heavy atom. The Hall–Kier alpha value is -2.05. The molecule has 0 aliphatic carbocycles. The van der Waals surface area contributed by atoms with Gasteiger partial charge in [-0.1, -0.05) is 23.9 Å². The second-order valence-corrected chi connectivity index (χ2v) is 6.62. The molecule has 0 saturated carbocycles. The summed E-state index contributed by atoms with van der Waals surface area (Å²) in [7, 11) is 0. The summed E-state index contributed by atoms with van der Waals surface area (Å²) < 4.78 is 10.4. The zero-order valence-electron chi connectivity index (χ0n) is 12.0. The van der Waals surface area contributed by atoms with Crippen LogP contribution >= 0.6 is 11.8 Å². The highest BCUT2D eigenvalue weighted by Crippen LogP contribution is 2.48. The molecule has 0 saturated heterocycles. The number of ether oxygens (including phenoxy) is 2. The molecule has 3 heterocycles. The molecule has 6 heteroatoms. The third-order valence-corrected chi connectivity index (χ3v) is 5.07. The Morgan fingerprint density at radius 3 is 2.86 bits per heavy atom. The van der Waals surface area contributed by atoms with Crippen LogP contribution in [0.15, 0.2) is 41.4 Å². The van der Waals surface area contributed by atoms with Crippen LogP contribution in [-0.2, 0) is 4.75 Å². The van der Waals surface area contributed by atoms with Crippen molar-refractivity contribution in [3.8, 4) is 11.5 Å².